The van der Waals surface area contributed by atoms with Crippen LogP contribution in [-0.4, -0.2) is 26.1 Å². The SMILES string of the molecule is COc1ccc(C)cc1NC(=O)CC[NH+]1CCc2ccccc2C1. The van der Waals surface area contributed by atoms with Gasteiger partial charge in [-0.2, -0.15) is 0 Å². The third-order valence-electron chi connectivity index (χ3n) is 4.64. The van der Waals surface area contributed by atoms with Crippen LogP contribution in [0.2, 0.25) is 0 Å². The number of nitrogens with one attached hydrogen (secondary N) is 2. The lowest BCUT2D eigenvalue weighted by Gasteiger charge is -2.25. The molecule has 0 spiro atoms. The van der Waals surface area contributed by atoms with Gasteiger partial charge in [-0.3, -0.25) is 4.79 Å². The number of hydrogen-bond acceptors (Lipinski definition) is 2. The van der Waals surface area contributed by atoms with E-state index in [2.05, 4.69) is 29.6 Å². The maximum Gasteiger partial charge on any atom is 0.230 e. The molecule has 1 amide bonds. The third-order valence-corrected chi connectivity index (χ3v) is 4.64. The monoisotopic (exact) mass is 325 g/mol. The first-order valence-corrected chi connectivity index (χ1v) is 8.50. The lowest BCUT2D eigenvalue weighted by Crippen LogP contribution is -3.11. The molecule has 24 heavy (non-hydrogen) atoms. The average molecular weight is 325 g/mol. The summed E-state index contributed by atoms with van der Waals surface area (Å²) in [6.45, 7) is 4.97. The van der Waals surface area contributed by atoms with Crippen molar-refractivity contribution >= 4 is 11.6 Å². The van der Waals surface area contributed by atoms with E-state index in [1.165, 1.54) is 16.0 Å². The summed E-state index contributed by atoms with van der Waals surface area (Å²) in [5, 5.41) is 2.98. The van der Waals surface area contributed by atoms with Crippen molar-refractivity contribution in [2.24, 2.45) is 0 Å². The zero-order valence-electron chi connectivity index (χ0n) is 14.4. The Morgan fingerprint density at radius 3 is 2.79 bits per heavy atom. The Morgan fingerprint density at radius 2 is 2.00 bits per heavy atom. The summed E-state index contributed by atoms with van der Waals surface area (Å²) in [5.74, 6) is 0.749. The molecule has 126 valence electrons. The number of hydrogen-bond donors (Lipinski definition) is 2. The molecule has 0 saturated heterocycles. The molecule has 1 aliphatic rings. The van der Waals surface area contributed by atoms with Gasteiger partial charge in [-0.1, -0.05) is 30.3 Å². The number of quaternary nitrogens is 1. The van der Waals surface area contributed by atoms with Gasteiger partial charge in [0.15, 0.2) is 0 Å². The van der Waals surface area contributed by atoms with Crippen molar-refractivity contribution in [2.45, 2.75) is 26.3 Å². The van der Waals surface area contributed by atoms with Crippen molar-refractivity contribution in [1.82, 2.24) is 0 Å². The minimum Gasteiger partial charge on any atom is -0.495 e. The van der Waals surface area contributed by atoms with Gasteiger partial charge in [-0.25, -0.2) is 0 Å². The maximum atomic E-state index is 12.3. The van der Waals surface area contributed by atoms with E-state index >= 15 is 0 Å². The number of ether oxygens (including phenoxy) is 1. The molecule has 0 aromatic heterocycles. The van der Waals surface area contributed by atoms with Crippen LogP contribution in [0.3, 0.4) is 0 Å². The molecule has 2 aromatic rings. The first-order valence-electron chi connectivity index (χ1n) is 8.50. The number of methoxy groups -OCH3 is 1. The number of aryl methyl sites for hydroxylation is 1. The molecular weight excluding hydrogens is 300 g/mol. The Morgan fingerprint density at radius 1 is 1.21 bits per heavy atom. The molecular formula is C20H25N2O2+. The number of fused-ring (bicyclic) bond motifs is 1. The number of anilines is 1. The lowest BCUT2D eigenvalue weighted by atomic mass is 10.00. The highest BCUT2D eigenvalue weighted by atomic mass is 16.5. The Bertz CT molecular complexity index is 727. The van der Waals surface area contributed by atoms with Crippen LogP contribution in [0, 0.1) is 6.92 Å². The molecule has 2 N–H and O–H groups in total. The Balaban J connectivity index is 1.54. The van der Waals surface area contributed by atoms with Crippen LogP contribution in [0.5, 0.6) is 5.75 Å². The van der Waals surface area contributed by atoms with Crippen LogP contribution in [-0.2, 0) is 17.8 Å². The molecule has 1 heterocycles. The van der Waals surface area contributed by atoms with Crippen LogP contribution < -0.4 is 15.0 Å². The standard InChI is InChI=1S/C20H24N2O2/c1-15-7-8-19(24-2)18(13-15)21-20(23)10-12-22-11-9-16-5-3-4-6-17(16)14-22/h3-8,13H,9-12,14H2,1-2H3,(H,21,23)/p+1. The van der Waals surface area contributed by atoms with E-state index < -0.39 is 0 Å². The number of amides is 1. The van der Waals surface area contributed by atoms with E-state index in [0.717, 1.165) is 37.3 Å². The second kappa shape index (κ2) is 7.49. The van der Waals surface area contributed by atoms with Gasteiger partial charge in [0, 0.05) is 12.0 Å². The molecule has 0 bridgehead atoms. The molecule has 0 fully saturated rings. The van der Waals surface area contributed by atoms with E-state index in [1.54, 1.807) is 7.11 Å². The van der Waals surface area contributed by atoms with Crippen molar-refractivity contribution in [3.05, 3.63) is 59.2 Å². The zero-order chi connectivity index (χ0) is 16.9. The number of benzene rings is 2. The van der Waals surface area contributed by atoms with Crippen molar-refractivity contribution in [2.75, 3.05) is 25.5 Å². The van der Waals surface area contributed by atoms with Crippen molar-refractivity contribution in [1.29, 1.82) is 0 Å². The zero-order valence-corrected chi connectivity index (χ0v) is 14.4. The van der Waals surface area contributed by atoms with E-state index in [0.29, 0.717) is 12.2 Å². The van der Waals surface area contributed by atoms with Gasteiger partial charge in [-0.15, -0.1) is 0 Å². The van der Waals surface area contributed by atoms with Crippen LogP contribution in [0.25, 0.3) is 0 Å². The van der Waals surface area contributed by atoms with Crippen LogP contribution >= 0.6 is 0 Å². The highest BCUT2D eigenvalue weighted by Crippen LogP contribution is 2.25. The fourth-order valence-corrected chi connectivity index (χ4v) is 3.28. The van der Waals surface area contributed by atoms with E-state index in [9.17, 15) is 4.79 Å². The summed E-state index contributed by atoms with van der Waals surface area (Å²) in [4.78, 5) is 13.8. The van der Waals surface area contributed by atoms with Gasteiger partial charge in [0.1, 0.15) is 12.3 Å². The first-order chi connectivity index (χ1) is 11.7. The first kappa shape index (κ1) is 16.5. The number of rotatable bonds is 5. The highest BCUT2D eigenvalue weighted by Gasteiger charge is 2.19. The Kier molecular flexibility index (Phi) is 5.16. The Hall–Kier alpha value is -2.33. The predicted molar refractivity (Wildman–Crippen MR) is 95.5 cm³/mol. The maximum absolute atomic E-state index is 12.3. The van der Waals surface area contributed by atoms with Gasteiger partial charge in [-0.05, 0) is 30.2 Å². The molecule has 0 saturated carbocycles. The van der Waals surface area contributed by atoms with Crippen molar-refractivity contribution in [3.63, 3.8) is 0 Å². The summed E-state index contributed by atoms with van der Waals surface area (Å²) < 4.78 is 5.31. The minimum absolute atomic E-state index is 0.0465. The van der Waals surface area contributed by atoms with Gasteiger partial charge >= 0.3 is 0 Å². The van der Waals surface area contributed by atoms with Crippen molar-refractivity contribution < 1.29 is 14.4 Å². The summed E-state index contributed by atoms with van der Waals surface area (Å²) >= 11 is 0. The molecule has 0 radical (unpaired) electrons. The second-order valence-electron chi connectivity index (χ2n) is 6.45. The predicted octanol–water partition coefficient (Wildman–Crippen LogP) is 1.97. The summed E-state index contributed by atoms with van der Waals surface area (Å²) in [7, 11) is 1.62. The lowest BCUT2D eigenvalue weighted by molar-refractivity contribution is -0.915. The fourth-order valence-electron chi connectivity index (χ4n) is 3.28. The largest absolute Gasteiger partial charge is 0.495 e. The van der Waals surface area contributed by atoms with E-state index in [4.69, 9.17) is 4.74 Å². The van der Waals surface area contributed by atoms with Gasteiger partial charge in [0.2, 0.25) is 5.91 Å². The number of carbonyl (C=O) groups is 1. The molecule has 3 rings (SSSR count). The smallest absolute Gasteiger partial charge is 0.230 e. The minimum atomic E-state index is 0.0465. The van der Waals surface area contributed by atoms with Crippen molar-refractivity contribution in [3.8, 4) is 5.75 Å². The average Bonchev–Trinajstić information content (AvgIpc) is 2.60. The van der Waals surface area contributed by atoms with Gasteiger partial charge in [0.25, 0.3) is 0 Å². The molecule has 1 aliphatic heterocycles. The van der Waals surface area contributed by atoms with Crippen LogP contribution in [0.15, 0.2) is 42.5 Å². The van der Waals surface area contributed by atoms with Crippen LogP contribution in [0.4, 0.5) is 5.69 Å². The molecule has 4 heteroatoms. The summed E-state index contributed by atoms with van der Waals surface area (Å²) in [6, 6.07) is 14.4. The Labute approximate surface area is 143 Å². The third kappa shape index (κ3) is 3.95. The molecule has 0 aliphatic carbocycles. The quantitative estimate of drug-likeness (QED) is 0.883. The second-order valence-corrected chi connectivity index (χ2v) is 6.45. The van der Waals surface area contributed by atoms with E-state index in [1.807, 2.05) is 25.1 Å². The van der Waals surface area contributed by atoms with Crippen LogP contribution in [0.1, 0.15) is 23.1 Å². The number of carbonyl (C=O) groups excluding carboxylic acids is 1. The van der Waals surface area contributed by atoms with E-state index in [-0.39, 0.29) is 5.91 Å². The molecule has 2 aromatic carbocycles. The highest BCUT2D eigenvalue weighted by molar-refractivity contribution is 5.92. The fraction of sp³-hybridized carbons (Fsp3) is 0.350. The molecule has 1 unspecified atom stereocenters. The molecule has 1 atom stereocenters. The van der Waals surface area contributed by atoms with Gasteiger partial charge < -0.3 is 15.0 Å². The summed E-state index contributed by atoms with van der Waals surface area (Å²) in [6.07, 6.45) is 1.62. The normalized spacial score (nSPS) is 16.3. The topological polar surface area (TPSA) is 42.8 Å². The van der Waals surface area contributed by atoms with Gasteiger partial charge in [0.05, 0.1) is 32.3 Å². The molecule has 4 nitrogen and oxygen atoms in total. The summed E-state index contributed by atoms with van der Waals surface area (Å²) in [5.41, 5.74) is 4.72.